The number of halogens is 1. The van der Waals surface area contributed by atoms with Crippen LogP contribution >= 0.6 is 15.9 Å². The number of rotatable bonds is 1. The van der Waals surface area contributed by atoms with Crippen LogP contribution in [0.3, 0.4) is 0 Å². The van der Waals surface area contributed by atoms with E-state index in [4.69, 9.17) is 11.5 Å². The monoisotopic (exact) mass is 349 g/mol. The minimum absolute atomic E-state index is 0.289. The lowest BCUT2D eigenvalue weighted by atomic mass is 9.87. The van der Waals surface area contributed by atoms with Gasteiger partial charge in [0.2, 0.25) is 11.9 Å². The van der Waals surface area contributed by atoms with Crippen molar-refractivity contribution in [3.8, 4) is 0 Å². The molecular formula is C15H20BrN5. The fraction of sp³-hybridized carbons (Fsp3) is 0.467. The van der Waals surface area contributed by atoms with Crippen LogP contribution in [-0.2, 0) is 0 Å². The van der Waals surface area contributed by atoms with Gasteiger partial charge in [-0.3, -0.25) is 4.90 Å². The molecule has 1 fully saturated rings. The van der Waals surface area contributed by atoms with Crippen LogP contribution in [0.4, 0.5) is 5.69 Å². The number of hydrogen-bond donors (Lipinski definition) is 2. The summed E-state index contributed by atoms with van der Waals surface area (Å²) in [7, 11) is 0. The summed E-state index contributed by atoms with van der Waals surface area (Å²) < 4.78 is 1.06. The van der Waals surface area contributed by atoms with Crippen LogP contribution in [0.5, 0.6) is 0 Å². The molecule has 112 valence electrons. The third-order valence-electron chi connectivity index (χ3n) is 4.27. The molecule has 0 atom stereocenters. The van der Waals surface area contributed by atoms with E-state index >= 15 is 0 Å². The Bertz CT molecular complexity index is 616. The SMILES string of the molecule is Cc1ccc(N2C(N)=NC(N)=NC23CCCCC3)cc1Br. The fourth-order valence-corrected chi connectivity index (χ4v) is 3.58. The lowest BCUT2D eigenvalue weighted by molar-refractivity contribution is 0.305. The second kappa shape index (κ2) is 5.33. The number of nitrogens with two attached hydrogens (primary N) is 2. The highest BCUT2D eigenvalue weighted by molar-refractivity contribution is 9.10. The quantitative estimate of drug-likeness (QED) is 0.817. The molecule has 0 radical (unpaired) electrons. The molecule has 0 unspecified atom stereocenters. The summed E-state index contributed by atoms with van der Waals surface area (Å²) in [5.74, 6) is 0.719. The molecule has 1 aliphatic heterocycles. The van der Waals surface area contributed by atoms with Gasteiger partial charge in [-0.2, -0.15) is 4.99 Å². The van der Waals surface area contributed by atoms with Crippen molar-refractivity contribution in [2.24, 2.45) is 21.5 Å². The number of aryl methyl sites for hydroxylation is 1. The van der Waals surface area contributed by atoms with Crippen molar-refractivity contribution in [2.45, 2.75) is 44.7 Å². The Kier molecular flexibility index (Phi) is 3.65. The second-order valence-corrected chi connectivity index (χ2v) is 6.61. The summed E-state index contributed by atoms with van der Waals surface area (Å²) in [6, 6.07) is 6.21. The number of anilines is 1. The minimum Gasteiger partial charge on any atom is -0.369 e. The predicted octanol–water partition coefficient (Wildman–Crippen LogP) is 2.87. The van der Waals surface area contributed by atoms with E-state index in [-0.39, 0.29) is 11.6 Å². The maximum atomic E-state index is 6.19. The Hall–Kier alpha value is -1.56. The highest BCUT2D eigenvalue weighted by Crippen LogP contribution is 2.40. The Balaban J connectivity index is 2.08. The van der Waals surface area contributed by atoms with Gasteiger partial charge in [-0.25, -0.2) is 4.99 Å². The number of benzene rings is 1. The summed E-state index contributed by atoms with van der Waals surface area (Å²) in [5, 5.41) is 0. The van der Waals surface area contributed by atoms with E-state index in [1.165, 1.54) is 12.0 Å². The van der Waals surface area contributed by atoms with Crippen LogP contribution < -0.4 is 16.4 Å². The first kappa shape index (κ1) is 14.4. The first-order valence-corrected chi connectivity index (χ1v) is 8.07. The number of hydrogen-bond acceptors (Lipinski definition) is 5. The molecule has 1 aromatic carbocycles. The number of nitrogens with zero attached hydrogens (tertiary/aromatic N) is 3. The van der Waals surface area contributed by atoms with Crippen molar-refractivity contribution in [3.63, 3.8) is 0 Å². The lowest BCUT2D eigenvalue weighted by Crippen LogP contribution is -2.58. The van der Waals surface area contributed by atoms with Crippen LogP contribution in [0, 0.1) is 6.92 Å². The zero-order valence-corrected chi connectivity index (χ0v) is 13.7. The molecule has 4 N–H and O–H groups in total. The first-order chi connectivity index (χ1) is 10.0. The molecule has 3 rings (SSSR count). The molecule has 0 amide bonds. The van der Waals surface area contributed by atoms with Gasteiger partial charge in [0.15, 0.2) is 0 Å². The van der Waals surface area contributed by atoms with Crippen molar-refractivity contribution < 1.29 is 0 Å². The molecule has 0 saturated heterocycles. The Morgan fingerprint density at radius 2 is 1.90 bits per heavy atom. The van der Waals surface area contributed by atoms with Crippen molar-refractivity contribution in [2.75, 3.05) is 4.90 Å². The molecule has 1 saturated carbocycles. The average molecular weight is 350 g/mol. The Morgan fingerprint density at radius 1 is 1.19 bits per heavy atom. The largest absolute Gasteiger partial charge is 0.369 e. The number of aliphatic imine (C=N–C) groups is 2. The van der Waals surface area contributed by atoms with Gasteiger partial charge in [-0.15, -0.1) is 0 Å². The van der Waals surface area contributed by atoms with Gasteiger partial charge < -0.3 is 11.5 Å². The van der Waals surface area contributed by atoms with Gasteiger partial charge in [0.05, 0.1) is 0 Å². The molecule has 2 aliphatic rings. The maximum absolute atomic E-state index is 6.19. The van der Waals surface area contributed by atoms with E-state index in [2.05, 4.69) is 51.0 Å². The van der Waals surface area contributed by atoms with E-state index in [9.17, 15) is 0 Å². The Morgan fingerprint density at radius 3 is 2.57 bits per heavy atom. The molecular weight excluding hydrogens is 330 g/mol. The summed E-state index contributed by atoms with van der Waals surface area (Å²) in [6.45, 7) is 2.06. The maximum Gasteiger partial charge on any atom is 0.220 e. The third kappa shape index (κ3) is 2.52. The summed E-state index contributed by atoms with van der Waals surface area (Å²) in [6.07, 6.45) is 5.41. The molecule has 1 heterocycles. The normalized spacial score (nSPS) is 21.1. The summed E-state index contributed by atoms with van der Waals surface area (Å²) in [5.41, 5.74) is 13.9. The lowest BCUT2D eigenvalue weighted by Gasteiger charge is -2.45. The summed E-state index contributed by atoms with van der Waals surface area (Å²) in [4.78, 5) is 10.9. The standard InChI is InChI=1S/C15H20BrN5/c1-10-5-6-11(9-12(10)16)21-14(18)19-13(17)20-15(21)7-3-2-4-8-15/h5-6,9H,2-4,7-8H2,1H3,(H4,17,18,19,20). The predicted molar refractivity (Wildman–Crippen MR) is 90.4 cm³/mol. The van der Waals surface area contributed by atoms with Gasteiger partial charge in [-0.1, -0.05) is 28.4 Å². The molecule has 0 aromatic heterocycles. The van der Waals surface area contributed by atoms with Crippen molar-refractivity contribution in [1.29, 1.82) is 0 Å². The topological polar surface area (TPSA) is 80.0 Å². The van der Waals surface area contributed by atoms with E-state index < -0.39 is 0 Å². The zero-order chi connectivity index (χ0) is 15.0. The van der Waals surface area contributed by atoms with Crippen LogP contribution in [0.1, 0.15) is 37.7 Å². The highest BCUT2D eigenvalue weighted by Gasteiger charge is 2.42. The smallest absolute Gasteiger partial charge is 0.220 e. The van der Waals surface area contributed by atoms with Crippen molar-refractivity contribution in [1.82, 2.24) is 0 Å². The second-order valence-electron chi connectivity index (χ2n) is 5.75. The van der Waals surface area contributed by atoms with Gasteiger partial charge >= 0.3 is 0 Å². The van der Waals surface area contributed by atoms with Gasteiger partial charge in [0.25, 0.3) is 0 Å². The first-order valence-electron chi connectivity index (χ1n) is 7.28. The molecule has 1 spiro atoms. The van der Waals surface area contributed by atoms with E-state index in [0.29, 0.717) is 5.96 Å². The Labute approximate surface area is 133 Å². The van der Waals surface area contributed by atoms with Gasteiger partial charge in [0.1, 0.15) is 5.66 Å². The zero-order valence-electron chi connectivity index (χ0n) is 12.1. The summed E-state index contributed by atoms with van der Waals surface area (Å²) >= 11 is 3.59. The van der Waals surface area contributed by atoms with Crippen LogP contribution in [-0.4, -0.2) is 17.6 Å². The van der Waals surface area contributed by atoms with Crippen molar-refractivity contribution in [3.05, 3.63) is 28.2 Å². The minimum atomic E-state index is -0.372. The molecule has 5 nitrogen and oxygen atoms in total. The van der Waals surface area contributed by atoms with E-state index in [0.717, 1.165) is 35.8 Å². The van der Waals surface area contributed by atoms with Crippen LogP contribution in [0.25, 0.3) is 0 Å². The van der Waals surface area contributed by atoms with E-state index in [1.807, 2.05) is 4.90 Å². The van der Waals surface area contributed by atoms with Crippen LogP contribution in [0.2, 0.25) is 0 Å². The highest BCUT2D eigenvalue weighted by atomic mass is 79.9. The molecule has 0 bridgehead atoms. The third-order valence-corrected chi connectivity index (χ3v) is 5.12. The molecule has 1 aliphatic carbocycles. The van der Waals surface area contributed by atoms with Crippen LogP contribution in [0.15, 0.2) is 32.7 Å². The number of guanidine groups is 2. The molecule has 6 heteroatoms. The van der Waals surface area contributed by atoms with Gasteiger partial charge in [-0.05, 0) is 50.3 Å². The van der Waals surface area contributed by atoms with Crippen molar-refractivity contribution >= 4 is 33.5 Å². The molecule has 1 aromatic rings. The fourth-order valence-electron chi connectivity index (χ4n) is 3.22. The average Bonchev–Trinajstić information content (AvgIpc) is 2.42. The van der Waals surface area contributed by atoms with Gasteiger partial charge in [0, 0.05) is 10.2 Å². The molecule has 21 heavy (non-hydrogen) atoms. The van der Waals surface area contributed by atoms with E-state index in [1.54, 1.807) is 0 Å².